The van der Waals surface area contributed by atoms with Gasteiger partial charge in [0.25, 0.3) is 5.56 Å². The first-order valence-corrected chi connectivity index (χ1v) is 9.56. The van der Waals surface area contributed by atoms with Gasteiger partial charge in [0.1, 0.15) is 18.0 Å². The topological polar surface area (TPSA) is 82.5 Å². The number of hydrogen-bond donors (Lipinski definition) is 1. The molecule has 3 aromatic rings. The Hall–Kier alpha value is -3.82. The average molecular weight is 447 g/mol. The van der Waals surface area contributed by atoms with Crippen LogP contribution < -0.4 is 20.3 Å². The number of carbonyl (C=O) groups excluding carboxylic acids is 1. The van der Waals surface area contributed by atoms with Gasteiger partial charge in [-0.2, -0.15) is 13.2 Å². The SMILES string of the molecule is CCOc1ccc(-c2cc(=O)n(CC(=O)Nc3cc(C(F)(F)F)ccc3OC)cn2)cc1. The van der Waals surface area contributed by atoms with Crippen LogP contribution in [0, 0.1) is 0 Å². The molecule has 1 N–H and O–H groups in total. The fourth-order valence-electron chi connectivity index (χ4n) is 2.92. The van der Waals surface area contributed by atoms with E-state index in [4.69, 9.17) is 9.47 Å². The number of amides is 1. The first kappa shape index (κ1) is 22.9. The molecule has 0 aliphatic heterocycles. The standard InChI is InChI=1S/C22H20F3N3O4/c1-3-32-16-7-4-14(5-8-16)17-11-21(30)28(13-26-17)12-20(29)27-18-10-15(22(23,24)25)6-9-19(18)31-2/h4-11,13H,3,12H2,1-2H3,(H,27,29). The maximum atomic E-state index is 13.0. The minimum absolute atomic E-state index is 0.0580. The molecule has 0 radical (unpaired) electrons. The largest absolute Gasteiger partial charge is 0.495 e. The Balaban J connectivity index is 1.75. The van der Waals surface area contributed by atoms with Gasteiger partial charge in [0.15, 0.2) is 0 Å². The van der Waals surface area contributed by atoms with Gasteiger partial charge < -0.3 is 14.8 Å². The van der Waals surface area contributed by atoms with Gasteiger partial charge in [0.2, 0.25) is 5.91 Å². The van der Waals surface area contributed by atoms with Crippen molar-refractivity contribution < 1.29 is 27.4 Å². The zero-order valence-electron chi connectivity index (χ0n) is 17.3. The average Bonchev–Trinajstić information content (AvgIpc) is 2.75. The highest BCUT2D eigenvalue weighted by atomic mass is 19.4. The zero-order valence-corrected chi connectivity index (χ0v) is 17.3. The number of halogens is 3. The number of alkyl halides is 3. The summed E-state index contributed by atoms with van der Waals surface area (Å²) in [5.41, 5.74) is -0.480. The van der Waals surface area contributed by atoms with Crippen molar-refractivity contribution in [3.63, 3.8) is 0 Å². The molecule has 0 unspecified atom stereocenters. The summed E-state index contributed by atoms with van der Waals surface area (Å²) in [7, 11) is 1.27. The van der Waals surface area contributed by atoms with Gasteiger partial charge in [-0.25, -0.2) is 4.98 Å². The summed E-state index contributed by atoms with van der Waals surface area (Å²) in [5.74, 6) is 0.0364. The quantitative estimate of drug-likeness (QED) is 0.593. The van der Waals surface area contributed by atoms with Crippen LogP contribution in [0.15, 0.2) is 59.7 Å². The van der Waals surface area contributed by atoms with Gasteiger partial charge in [-0.1, -0.05) is 0 Å². The number of hydrogen-bond acceptors (Lipinski definition) is 5. The second kappa shape index (κ2) is 9.54. The Morgan fingerprint density at radius 3 is 2.44 bits per heavy atom. The number of methoxy groups -OCH3 is 1. The molecule has 7 nitrogen and oxygen atoms in total. The van der Waals surface area contributed by atoms with Gasteiger partial charge in [-0.15, -0.1) is 0 Å². The lowest BCUT2D eigenvalue weighted by atomic mass is 10.1. The predicted octanol–water partition coefficient (Wildman–Crippen LogP) is 3.98. The fraction of sp³-hybridized carbons (Fsp3) is 0.227. The first-order valence-electron chi connectivity index (χ1n) is 9.56. The summed E-state index contributed by atoms with van der Waals surface area (Å²) in [6.45, 7) is 1.96. The smallest absolute Gasteiger partial charge is 0.416 e. The normalized spacial score (nSPS) is 11.2. The minimum Gasteiger partial charge on any atom is -0.495 e. The maximum Gasteiger partial charge on any atom is 0.416 e. The zero-order chi connectivity index (χ0) is 23.3. The van der Waals surface area contributed by atoms with Crippen molar-refractivity contribution in [1.82, 2.24) is 9.55 Å². The molecule has 0 saturated heterocycles. The van der Waals surface area contributed by atoms with E-state index < -0.39 is 29.8 Å². The number of nitrogens with zero attached hydrogens (tertiary/aromatic N) is 2. The molecule has 0 fully saturated rings. The third kappa shape index (κ3) is 5.45. The fourth-order valence-corrected chi connectivity index (χ4v) is 2.92. The van der Waals surface area contributed by atoms with Crippen molar-refractivity contribution in [2.75, 3.05) is 19.0 Å². The summed E-state index contributed by atoms with van der Waals surface area (Å²) in [5, 5.41) is 2.35. The summed E-state index contributed by atoms with van der Waals surface area (Å²) >= 11 is 0. The van der Waals surface area contributed by atoms with Gasteiger partial charge in [-0.05, 0) is 49.4 Å². The summed E-state index contributed by atoms with van der Waals surface area (Å²) in [4.78, 5) is 29.0. The Morgan fingerprint density at radius 1 is 1.12 bits per heavy atom. The second-order valence-corrected chi connectivity index (χ2v) is 6.66. The summed E-state index contributed by atoms with van der Waals surface area (Å²) in [6.07, 6.45) is -3.37. The van der Waals surface area contributed by atoms with Crippen molar-refractivity contribution >= 4 is 11.6 Å². The van der Waals surface area contributed by atoms with Crippen LogP contribution in [0.4, 0.5) is 18.9 Å². The van der Waals surface area contributed by atoms with Crippen molar-refractivity contribution in [2.24, 2.45) is 0 Å². The number of ether oxygens (including phenoxy) is 2. The molecule has 32 heavy (non-hydrogen) atoms. The predicted molar refractivity (Wildman–Crippen MR) is 112 cm³/mol. The molecule has 168 valence electrons. The maximum absolute atomic E-state index is 13.0. The van der Waals surface area contributed by atoms with Crippen LogP contribution in [0.25, 0.3) is 11.3 Å². The molecular formula is C22H20F3N3O4. The molecular weight excluding hydrogens is 427 g/mol. The number of nitrogens with one attached hydrogen (secondary N) is 1. The number of aromatic nitrogens is 2. The molecule has 0 aliphatic rings. The van der Waals surface area contributed by atoms with Crippen LogP contribution in [0.2, 0.25) is 0 Å². The van der Waals surface area contributed by atoms with E-state index in [1.165, 1.54) is 19.5 Å². The molecule has 1 aromatic heterocycles. The lowest BCUT2D eigenvalue weighted by molar-refractivity contribution is -0.137. The molecule has 2 aromatic carbocycles. The molecule has 3 rings (SSSR count). The highest BCUT2D eigenvalue weighted by Gasteiger charge is 2.31. The Labute approximate surface area is 181 Å². The van der Waals surface area contributed by atoms with Gasteiger partial charge in [0, 0.05) is 11.6 Å². The Kier molecular flexibility index (Phi) is 6.82. The first-order chi connectivity index (χ1) is 15.2. The molecule has 0 saturated carbocycles. The summed E-state index contributed by atoms with van der Waals surface area (Å²) < 4.78 is 50.3. The van der Waals surface area contributed by atoms with E-state index in [0.717, 1.165) is 22.8 Å². The van der Waals surface area contributed by atoms with Crippen LogP contribution in [0.1, 0.15) is 12.5 Å². The lowest BCUT2D eigenvalue weighted by Crippen LogP contribution is -2.27. The molecule has 0 spiro atoms. The van der Waals surface area contributed by atoms with E-state index in [1.807, 2.05) is 6.92 Å². The Bertz CT molecular complexity index is 1160. The molecule has 1 heterocycles. The van der Waals surface area contributed by atoms with Crippen LogP contribution in [0.5, 0.6) is 11.5 Å². The number of benzene rings is 2. The van der Waals surface area contributed by atoms with Gasteiger partial charge in [-0.3, -0.25) is 14.2 Å². The molecule has 0 bridgehead atoms. The second-order valence-electron chi connectivity index (χ2n) is 6.66. The highest BCUT2D eigenvalue weighted by molar-refractivity contribution is 5.92. The number of rotatable bonds is 7. The van der Waals surface area contributed by atoms with E-state index in [2.05, 4.69) is 10.3 Å². The molecule has 0 atom stereocenters. The third-order valence-electron chi connectivity index (χ3n) is 4.46. The summed E-state index contributed by atoms with van der Waals surface area (Å²) in [6, 6.07) is 11.0. The van der Waals surface area contributed by atoms with Crippen LogP contribution in [-0.2, 0) is 17.5 Å². The van der Waals surface area contributed by atoms with E-state index in [1.54, 1.807) is 24.3 Å². The molecule has 0 aliphatic carbocycles. The van der Waals surface area contributed by atoms with Crippen LogP contribution >= 0.6 is 0 Å². The van der Waals surface area contributed by atoms with Crippen LogP contribution in [0.3, 0.4) is 0 Å². The van der Waals surface area contributed by atoms with Crippen molar-refractivity contribution in [3.8, 4) is 22.8 Å². The monoisotopic (exact) mass is 447 g/mol. The van der Waals surface area contributed by atoms with Crippen molar-refractivity contribution in [1.29, 1.82) is 0 Å². The van der Waals surface area contributed by atoms with E-state index >= 15 is 0 Å². The van der Waals surface area contributed by atoms with E-state index in [-0.39, 0.29) is 11.4 Å². The lowest BCUT2D eigenvalue weighted by Gasteiger charge is -2.14. The number of carbonyl (C=O) groups is 1. The number of anilines is 1. The van der Waals surface area contributed by atoms with E-state index in [0.29, 0.717) is 23.6 Å². The van der Waals surface area contributed by atoms with Crippen molar-refractivity contribution in [2.45, 2.75) is 19.6 Å². The Morgan fingerprint density at radius 2 is 1.84 bits per heavy atom. The third-order valence-corrected chi connectivity index (χ3v) is 4.46. The van der Waals surface area contributed by atoms with E-state index in [9.17, 15) is 22.8 Å². The van der Waals surface area contributed by atoms with Gasteiger partial charge in [0.05, 0.1) is 37.0 Å². The highest BCUT2D eigenvalue weighted by Crippen LogP contribution is 2.34. The van der Waals surface area contributed by atoms with Crippen molar-refractivity contribution in [3.05, 3.63) is 70.8 Å². The van der Waals surface area contributed by atoms with Crippen LogP contribution in [-0.4, -0.2) is 29.2 Å². The minimum atomic E-state index is -4.58. The molecule has 10 heteroatoms. The van der Waals surface area contributed by atoms with Gasteiger partial charge >= 0.3 is 6.18 Å². The molecule has 1 amide bonds.